The molecule has 0 aliphatic heterocycles. The van der Waals surface area contributed by atoms with Gasteiger partial charge in [-0.15, -0.1) is 0 Å². The molecule has 0 aliphatic rings. The lowest BCUT2D eigenvalue weighted by atomic mass is 10.0. The average Bonchev–Trinajstić information content (AvgIpc) is 2.62. The van der Waals surface area contributed by atoms with Crippen molar-refractivity contribution >= 4 is 16.3 Å². The van der Waals surface area contributed by atoms with Crippen molar-refractivity contribution in [2.24, 2.45) is 11.7 Å². The summed E-state index contributed by atoms with van der Waals surface area (Å²) < 4.78 is 0. The number of hydrogen-bond acceptors (Lipinski definition) is 4. The molecule has 5 heteroatoms. The maximum Gasteiger partial charge on any atom is 0.324 e. The van der Waals surface area contributed by atoms with Gasteiger partial charge in [-0.3, -0.25) is 10.1 Å². The maximum absolute atomic E-state index is 10.5. The van der Waals surface area contributed by atoms with E-state index in [1.54, 1.807) is 11.4 Å². The summed E-state index contributed by atoms with van der Waals surface area (Å²) in [6.07, 6.45) is 1.93. The molecule has 0 saturated heterocycles. The fourth-order valence-corrected chi connectivity index (χ4v) is 2.10. The van der Waals surface area contributed by atoms with Crippen molar-refractivity contribution in [3.8, 4) is 0 Å². The topological polar surface area (TPSA) is 69.2 Å². The van der Waals surface area contributed by atoms with Crippen LogP contribution in [0.1, 0.15) is 38.3 Å². The van der Waals surface area contributed by atoms with Crippen LogP contribution in [0.5, 0.6) is 0 Å². The molecule has 4 nitrogen and oxygen atoms in total. The standard InChI is InChI=1S/C10H16N2O2S/c1-7(2)3-4-9(11)8-5-10(12(13)14)15-6-8/h5-7,9H,3-4,11H2,1-2H3/t9-/m0/s1. The second kappa shape index (κ2) is 5.23. The Morgan fingerprint density at radius 1 is 1.53 bits per heavy atom. The predicted molar refractivity (Wildman–Crippen MR) is 62.0 cm³/mol. The van der Waals surface area contributed by atoms with Crippen molar-refractivity contribution in [3.05, 3.63) is 27.1 Å². The van der Waals surface area contributed by atoms with Crippen molar-refractivity contribution < 1.29 is 4.92 Å². The minimum atomic E-state index is -0.372. The van der Waals surface area contributed by atoms with E-state index in [0.29, 0.717) is 5.92 Å². The highest BCUT2D eigenvalue weighted by atomic mass is 32.1. The summed E-state index contributed by atoms with van der Waals surface area (Å²) in [5, 5.41) is 12.4. The molecule has 0 aromatic carbocycles. The lowest BCUT2D eigenvalue weighted by Gasteiger charge is -2.10. The Bertz CT molecular complexity index is 336. The Morgan fingerprint density at radius 2 is 2.20 bits per heavy atom. The summed E-state index contributed by atoms with van der Waals surface area (Å²) in [6, 6.07) is 1.51. The van der Waals surface area contributed by atoms with Crippen LogP contribution in [0.2, 0.25) is 0 Å². The van der Waals surface area contributed by atoms with Crippen LogP contribution >= 0.6 is 11.3 Å². The third-order valence-corrected chi connectivity index (χ3v) is 3.17. The number of thiophene rings is 1. The van der Waals surface area contributed by atoms with E-state index in [1.807, 2.05) is 0 Å². The largest absolute Gasteiger partial charge is 0.324 e. The van der Waals surface area contributed by atoms with Crippen LogP contribution in [0.15, 0.2) is 11.4 Å². The minimum Gasteiger partial charge on any atom is -0.324 e. The SMILES string of the molecule is CC(C)CC[C@H](N)c1csc([N+](=O)[O-])c1. The Balaban J connectivity index is 2.58. The number of nitro groups is 1. The number of nitrogens with zero attached hydrogens (tertiary/aromatic N) is 1. The van der Waals surface area contributed by atoms with Gasteiger partial charge in [0.1, 0.15) is 0 Å². The third-order valence-electron chi connectivity index (χ3n) is 2.27. The summed E-state index contributed by atoms with van der Waals surface area (Å²) in [5.41, 5.74) is 6.82. The van der Waals surface area contributed by atoms with Gasteiger partial charge < -0.3 is 5.73 Å². The molecule has 1 heterocycles. The zero-order valence-electron chi connectivity index (χ0n) is 8.97. The normalized spacial score (nSPS) is 13.1. The second-order valence-corrected chi connectivity index (χ2v) is 4.94. The molecule has 0 saturated carbocycles. The highest BCUT2D eigenvalue weighted by molar-refractivity contribution is 7.13. The number of hydrogen-bond donors (Lipinski definition) is 1. The highest BCUT2D eigenvalue weighted by Crippen LogP contribution is 2.28. The molecule has 0 spiro atoms. The molecule has 0 amide bonds. The third kappa shape index (κ3) is 3.60. The number of nitrogens with two attached hydrogens (primary N) is 1. The van der Waals surface area contributed by atoms with E-state index in [-0.39, 0.29) is 16.0 Å². The van der Waals surface area contributed by atoms with E-state index in [9.17, 15) is 10.1 Å². The van der Waals surface area contributed by atoms with Crippen LogP contribution in [0, 0.1) is 16.0 Å². The van der Waals surface area contributed by atoms with Gasteiger partial charge in [-0.05, 0) is 24.3 Å². The highest BCUT2D eigenvalue weighted by Gasteiger charge is 2.14. The number of rotatable bonds is 5. The van der Waals surface area contributed by atoms with Gasteiger partial charge in [0.05, 0.1) is 4.92 Å². The van der Waals surface area contributed by atoms with Crippen LogP contribution in [0.25, 0.3) is 0 Å². The molecule has 0 aliphatic carbocycles. The zero-order valence-corrected chi connectivity index (χ0v) is 9.79. The summed E-state index contributed by atoms with van der Waals surface area (Å²) in [5.74, 6) is 0.615. The summed E-state index contributed by atoms with van der Waals surface area (Å²) in [6.45, 7) is 4.28. The van der Waals surface area contributed by atoms with Crippen LogP contribution in [-0.2, 0) is 0 Å². The Hall–Kier alpha value is -0.940. The first-order valence-electron chi connectivity index (χ1n) is 4.99. The van der Waals surface area contributed by atoms with Gasteiger partial charge in [-0.2, -0.15) is 0 Å². The predicted octanol–water partition coefficient (Wildman–Crippen LogP) is 3.09. The van der Waals surface area contributed by atoms with E-state index in [0.717, 1.165) is 29.7 Å². The molecule has 15 heavy (non-hydrogen) atoms. The van der Waals surface area contributed by atoms with Crippen LogP contribution in [-0.4, -0.2) is 4.92 Å². The summed E-state index contributed by atoms with van der Waals surface area (Å²) >= 11 is 1.14. The molecule has 1 aromatic heterocycles. The summed E-state index contributed by atoms with van der Waals surface area (Å²) in [4.78, 5) is 10.1. The van der Waals surface area contributed by atoms with Gasteiger partial charge in [0.2, 0.25) is 0 Å². The van der Waals surface area contributed by atoms with E-state index >= 15 is 0 Å². The van der Waals surface area contributed by atoms with E-state index < -0.39 is 0 Å². The van der Waals surface area contributed by atoms with Crippen molar-refractivity contribution in [2.75, 3.05) is 0 Å². The minimum absolute atomic E-state index is 0.0719. The van der Waals surface area contributed by atoms with Gasteiger partial charge in [-0.1, -0.05) is 25.2 Å². The van der Waals surface area contributed by atoms with Gasteiger partial charge in [-0.25, -0.2) is 0 Å². The van der Waals surface area contributed by atoms with Crippen molar-refractivity contribution in [2.45, 2.75) is 32.7 Å². The molecule has 2 N–H and O–H groups in total. The average molecular weight is 228 g/mol. The van der Waals surface area contributed by atoms with Crippen molar-refractivity contribution in [3.63, 3.8) is 0 Å². The smallest absolute Gasteiger partial charge is 0.324 e. The molecular weight excluding hydrogens is 212 g/mol. The van der Waals surface area contributed by atoms with Crippen LogP contribution < -0.4 is 5.73 Å². The monoisotopic (exact) mass is 228 g/mol. The zero-order chi connectivity index (χ0) is 11.4. The first kappa shape index (κ1) is 12.1. The molecule has 1 rings (SSSR count). The van der Waals surface area contributed by atoms with Gasteiger partial charge in [0, 0.05) is 17.5 Å². The second-order valence-electron chi connectivity index (χ2n) is 4.05. The Kier molecular flexibility index (Phi) is 4.23. The Labute approximate surface area is 93.3 Å². The molecular formula is C10H16N2O2S. The molecule has 0 bridgehead atoms. The molecule has 0 fully saturated rings. The van der Waals surface area contributed by atoms with E-state index in [4.69, 9.17) is 5.73 Å². The molecule has 0 unspecified atom stereocenters. The first-order chi connectivity index (χ1) is 7.00. The maximum atomic E-state index is 10.5. The van der Waals surface area contributed by atoms with Crippen LogP contribution in [0.4, 0.5) is 5.00 Å². The fraction of sp³-hybridized carbons (Fsp3) is 0.600. The lowest BCUT2D eigenvalue weighted by molar-refractivity contribution is -0.380. The molecule has 0 radical (unpaired) electrons. The first-order valence-corrected chi connectivity index (χ1v) is 5.87. The van der Waals surface area contributed by atoms with Gasteiger partial charge in [0.25, 0.3) is 0 Å². The van der Waals surface area contributed by atoms with Gasteiger partial charge in [0.15, 0.2) is 0 Å². The van der Waals surface area contributed by atoms with Crippen molar-refractivity contribution in [1.82, 2.24) is 0 Å². The summed E-state index contributed by atoms with van der Waals surface area (Å²) in [7, 11) is 0. The molecule has 1 atom stereocenters. The molecule has 1 aromatic rings. The quantitative estimate of drug-likeness (QED) is 0.622. The lowest BCUT2D eigenvalue weighted by Crippen LogP contribution is -2.10. The van der Waals surface area contributed by atoms with E-state index in [2.05, 4.69) is 13.8 Å². The van der Waals surface area contributed by atoms with Crippen molar-refractivity contribution in [1.29, 1.82) is 0 Å². The van der Waals surface area contributed by atoms with E-state index in [1.165, 1.54) is 0 Å². The molecule has 84 valence electrons. The van der Waals surface area contributed by atoms with Gasteiger partial charge >= 0.3 is 5.00 Å². The fourth-order valence-electron chi connectivity index (χ4n) is 1.31. The Morgan fingerprint density at radius 3 is 2.67 bits per heavy atom. The van der Waals surface area contributed by atoms with Crippen LogP contribution in [0.3, 0.4) is 0 Å².